The third kappa shape index (κ3) is 1.21. The van der Waals surface area contributed by atoms with Crippen LogP contribution < -0.4 is 11.2 Å². The van der Waals surface area contributed by atoms with Crippen LogP contribution in [0.15, 0.2) is 11.2 Å². The maximum atomic E-state index is 11.7. The zero-order chi connectivity index (χ0) is 11.1. The molecule has 0 atom stereocenters. The van der Waals surface area contributed by atoms with Gasteiger partial charge in [0.2, 0.25) is 5.95 Å². The highest BCUT2D eigenvalue weighted by Crippen LogP contribution is 2.17. The van der Waals surface area contributed by atoms with Crippen LogP contribution in [0.5, 0.6) is 0 Å². The number of nitrogens with zero attached hydrogens (tertiary/aromatic N) is 4. The molecule has 0 saturated carbocycles. The van der Waals surface area contributed by atoms with Crippen LogP contribution >= 0.6 is 0 Å². The normalized spacial score (nSPS) is 18.4. The van der Waals surface area contributed by atoms with Crippen molar-refractivity contribution in [1.82, 2.24) is 20.4 Å². The summed E-state index contributed by atoms with van der Waals surface area (Å²) in [5, 5.41) is 1.71. The molecule has 0 spiro atoms. The van der Waals surface area contributed by atoms with E-state index in [1.54, 1.807) is 5.01 Å². The number of nitrogen functional groups attached to an aromatic ring is 1. The van der Waals surface area contributed by atoms with Gasteiger partial charge in [0.15, 0.2) is 5.84 Å². The summed E-state index contributed by atoms with van der Waals surface area (Å²) in [5.74, 6) is 0.618. The predicted molar refractivity (Wildman–Crippen MR) is 56.6 cm³/mol. The first kappa shape index (κ1) is 9.08. The molecule has 3 rings (SSSR count). The molecule has 1 aromatic heterocycles. The lowest BCUT2D eigenvalue weighted by Gasteiger charge is -2.33. The molecule has 0 fully saturated rings. The first-order chi connectivity index (χ1) is 7.75. The van der Waals surface area contributed by atoms with Crippen LogP contribution in [0, 0.1) is 0 Å². The lowest BCUT2D eigenvalue weighted by molar-refractivity contribution is 0.0853. The Labute approximate surface area is 91.4 Å². The number of nitrogens with one attached hydrogen (secondary N) is 1. The van der Waals surface area contributed by atoms with E-state index in [2.05, 4.69) is 20.4 Å². The van der Waals surface area contributed by atoms with E-state index in [4.69, 9.17) is 5.73 Å². The van der Waals surface area contributed by atoms with Gasteiger partial charge in [0, 0.05) is 19.3 Å². The van der Waals surface area contributed by atoms with Gasteiger partial charge in [0.05, 0.1) is 5.56 Å². The maximum absolute atomic E-state index is 11.7. The molecule has 0 bridgehead atoms. The van der Waals surface area contributed by atoms with Crippen LogP contribution in [0.1, 0.15) is 22.5 Å². The standard InChI is InChI=1S/C9H10N6O/c10-9-12-4-5-6(13-9)7-11-2-1-3-15(7)14-8(5)16/h4H,1-3H2,(H,14,16)(H2,10,12,13). The van der Waals surface area contributed by atoms with E-state index in [0.29, 0.717) is 17.1 Å². The second-order valence-corrected chi connectivity index (χ2v) is 3.64. The quantitative estimate of drug-likeness (QED) is 0.592. The zero-order valence-electron chi connectivity index (χ0n) is 8.47. The fourth-order valence-corrected chi connectivity index (χ4v) is 1.83. The fourth-order valence-electron chi connectivity index (χ4n) is 1.83. The van der Waals surface area contributed by atoms with E-state index in [0.717, 1.165) is 19.5 Å². The third-order valence-electron chi connectivity index (χ3n) is 2.56. The molecule has 2 aliphatic heterocycles. The molecule has 0 radical (unpaired) electrons. The van der Waals surface area contributed by atoms with Crippen molar-refractivity contribution in [2.24, 2.45) is 4.99 Å². The van der Waals surface area contributed by atoms with Crippen molar-refractivity contribution in [3.05, 3.63) is 17.5 Å². The summed E-state index contributed by atoms with van der Waals surface area (Å²) in [4.78, 5) is 24.0. The fraction of sp³-hybridized carbons (Fsp3) is 0.333. The van der Waals surface area contributed by atoms with Crippen LogP contribution in [0.3, 0.4) is 0 Å². The first-order valence-corrected chi connectivity index (χ1v) is 5.01. The Hall–Kier alpha value is -2.18. The van der Waals surface area contributed by atoms with E-state index in [9.17, 15) is 4.79 Å². The number of hydrogen-bond acceptors (Lipinski definition) is 6. The Balaban J connectivity index is 2.19. The van der Waals surface area contributed by atoms with Crippen LogP contribution in [0.25, 0.3) is 0 Å². The Morgan fingerprint density at radius 2 is 2.38 bits per heavy atom. The number of carbonyl (C=O) groups is 1. The molecule has 0 aliphatic carbocycles. The average Bonchev–Trinajstić information content (AvgIpc) is 2.29. The number of anilines is 1. The number of nitrogens with two attached hydrogens (primary N) is 1. The number of amidine groups is 1. The van der Waals surface area contributed by atoms with Crippen LogP contribution in [-0.2, 0) is 0 Å². The Morgan fingerprint density at radius 1 is 1.50 bits per heavy atom. The molecule has 3 heterocycles. The smallest absolute Gasteiger partial charge is 0.273 e. The second kappa shape index (κ2) is 3.16. The average molecular weight is 218 g/mol. The molecule has 0 saturated heterocycles. The first-order valence-electron chi connectivity index (χ1n) is 5.01. The molecule has 1 amide bonds. The highest BCUT2D eigenvalue weighted by Gasteiger charge is 2.30. The molecule has 16 heavy (non-hydrogen) atoms. The molecular formula is C9H10N6O. The van der Waals surface area contributed by atoms with Crippen LogP contribution in [0.4, 0.5) is 5.95 Å². The summed E-state index contributed by atoms with van der Waals surface area (Å²) in [6.07, 6.45) is 2.35. The Morgan fingerprint density at radius 3 is 3.25 bits per heavy atom. The van der Waals surface area contributed by atoms with Gasteiger partial charge in [-0.25, -0.2) is 9.97 Å². The van der Waals surface area contributed by atoms with E-state index in [1.807, 2.05) is 0 Å². The SMILES string of the molecule is Nc1ncc2c(n1)C1=NCCCN1NC2=O. The van der Waals surface area contributed by atoms with E-state index in [1.165, 1.54) is 6.20 Å². The van der Waals surface area contributed by atoms with Crippen LogP contribution in [-0.4, -0.2) is 39.8 Å². The summed E-state index contributed by atoms with van der Waals surface area (Å²) in [7, 11) is 0. The van der Waals surface area contributed by atoms with Crippen molar-refractivity contribution < 1.29 is 4.79 Å². The molecule has 3 N–H and O–H groups in total. The van der Waals surface area contributed by atoms with E-state index in [-0.39, 0.29) is 11.9 Å². The van der Waals surface area contributed by atoms with E-state index >= 15 is 0 Å². The van der Waals surface area contributed by atoms with Gasteiger partial charge in [-0.3, -0.25) is 20.2 Å². The van der Waals surface area contributed by atoms with E-state index < -0.39 is 0 Å². The lowest BCUT2D eigenvalue weighted by Crippen LogP contribution is -2.53. The minimum absolute atomic E-state index is 0.154. The van der Waals surface area contributed by atoms with Crippen molar-refractivity contribution >= 4 is 17.7 Å². The van der Waals surface area contributed by atoms with Gasteiger partial charge in [0.25, 0.3) is 5.91 Å². The van der Waals surface area contributed by atoms with Gasteiger partial charge >= 0.3 is 0 Å². The Bertz CT molecular complexity index is 497. The minimum atomic E-state index is -0.212. The summed E-state index contributed by atoms with van der Waals surface area (Å²) >= 11 is 0. The molecule has 1 aromatic rings. The van der Waals surface area contributed by atoms with Gasteiger partial charge in [0.1, 0.15) is 5.69 Å². The molecule has 7 nitrogen and oxygen atoms in total. The number of rotatable bonds is 0. The third-order valence-corrected chi connectivity index (χ3v) is 2.56. The molecular weight excluding hydrogens is 208 g/mol. The number of hydrogen-bond donors (Lipinski definition) is 2. The summed E-state index contributed by atoms with van der Waals surface area (Å²) in [6, 6.07) is 0. The molecule has 7 heteroatoms. The molecule has 82 valence electrons. The molecule has 0 aromatic carbocycles. The van der Waals surface area contributed by atoms with Gasteiger partial charge < -0.3 is 5.73 Å². The van der Waals surface area contributed by atoms with Gasteiger partial charge in [-0.2, -0.15) is 0 Å². The highest BCUT2D eigenvalue weighted by molar-refractivity contribution is 6.12. The summed E-state index contributed by atoms with van der Waals surface area (Å²) in [5.41, 5.74) is 9.20. The van der Waals surface area contributed by atoms with Crippen LogP contribution in [0.2, 0.25) is 0 Å². The zero-order valence-corrected chi connectivity index (χ0v) is 8.47. The second-order valence-electron chi connectivity index (χ2n) is 3.64. The number of aromatic nitrogens is 2. The van der Waals surface area contributed by atoms with Crippen molar-refractivity contribution in [3.8, 4) is 0 Å². The van der Waals surface area contributed by atoms with Gasteiger partial charge in [-0.15, -0.1) is 0 Å². The van der Waals surface area contributed by atoms with Crippen molar-refractivity contribution in [2.45, 2.75) is 6.42 Å². The number of hydrazine groups is 1. The minimum Gasteiger partial charge on any atom is -0.368 e. The topological polar surface area (TPSA) is 96.5 Å². The van der Waals surface area contributed by atoms with Crippen molar-refractivity contribution in [1.29, 1.82) is 0 Å². The number of aliphatic imine (C=N–C) groups is 1. The monoisotopic (exact) mass is 218 g/mol. The lowest BCUT2D eigenvalue weighted by atomic mass is 10.1. The van der Waals surface area contributed by atoms with Crippen molar-refractivity contribution in [2.75, 3.05) is 18.8 Å². The van der Waals surface area contributed by atoms with Crippen molar-refractivity contribution in [3.63, 3.8) is 0 Å². The molecule has 0 unspecified atom stereocenters. The number of amides is 1. The predicted octanol–water partition coefficient (Wildman–Crippen LogP) is -0.831. The number of carbonyl (C=O) groups excluding carboxylic acids is 1. The molecule has 2 aliphatic rings. The maximum Gasteiger partial charge on any atom is 0.273 e. The summed E-state index contributed by atoms with van der Waals surface area (Å²) in [6.45, 7) is 1.49. The number of fused-ring (bicyclic) bond motifs is 3. The van der Waals surface area contributed by atoms with Gasteiger partial charge in [-0.05, 0) is 6.42 Å². The largest absolute Gasteiger partial charge is 0.368 e. The summed E-state index contributed by atoms with van der Waals surface area (Å²) < 4.78 is 0. The van der Waals surface area contributed by atoms with Gasteiger partial charge in [-0.1, -0.05) is 0 Å². The highest BCUT2D eigenvalue weighted by atomic mass is 16.2. The Kier molecular flexibility index (Phi) is 1.79.